The highest BCUT2D eigenvalue weighted by Gasteiger charge is 2.55. The Balaban J connectivity index is 1.63. The fourth-order valence-electron chi connectivity index (χ4n) is 3.63. The smallest absolute Gasteiger partial charge is 0.415 e. The number of thiophene rings is 1. The Morgan fingerprint density at radius 1 is 1.32 bits per heavy atom. The lowest BCUT2D eigenvalue weighted by Gasteiger charge is -2.49. The van der Waals surface area contributed by atoms with Gasteiger partial charge in [0, 0.05) is 12.5 Å². The average molecular weight is 299 g/mol. The van der Waals surface area contributed by atoms with E-state index in [0.29, 0.717) is 16.8 Å². The first-order valence-corrected chi connectivity index (χ1v) is 7.84. The molecule has 1 spiro atoms. The number of anilines is 1. The van der Waals surface area contributed by atoms with E-state index in [9.17, 15) is 4.79 Å². The normalized spacial score (nSPS) is 37.1. The molecule has 2 bridgehead atoms. The summed E-state index contributed by atoms with van der Waals surface area (Å²) < 4.78 is 6.52. The Bertz CT molecular complexity index is 526. The Morgan fingerprint density at radius 3 is 2.68 bits per heavy atom. The Morgan fingerprint density at radius 2 is 2.11 bits per heavy atom. The van der Waals surface area contributed by atoms with Crippen LogP contribution in [0.5, 0.6) is 0 Å². The molecule has 102 valence electrons. The summed E-state index contributed by atoms with van der Waals surface area (Å²) >= 11 is 7.39. The zero-order valence-electron chi connectivity index (χ0n) is 10.5. The van der Waals surface area contributed by atoms with Crippen LogP contribution in [0.25, 0.3) is 0 Å². The maximum Gasteiger partial charge on any atom is 0.415 e. The van der Waals surface area contributed by atoms with Gasteiger partial charge in [0.15, 0.2) is 0 Å². The predicted molar refractivity (Wildman–Crippen MR) is 75.1 cm³/mol. The van der Waals surface area contributed by atoms with Crippen LogP contribution in [0, 0.1) is 5.92 Å². The van der Waals surface area contributed by atoms with E-state index in [1.807, 2.05) is 12.1 Å². The first-order chi connectivity index (χ1) is 9.16. The van der Waals surface area contributed by atoms with Crippen LogP contribution in [0.2, 0.25) is 4.34 Å². The summed E-state index contributed by atoms with van der Waals surface area (Å²) in [6.07, 6.45) is 2.07. The molecule has 1 aromatic rings. The molecule has 4 fully saturated rings. The van der Waals surface area contributed by atoms with Crippen molar-refractivity contribution in [2.24, 2.45) is 5.92 Å². The highest BCUT2D eigenvalue weighted by atomic mass is 35.5. The predicted octanol–water partition coefficient (Wildman–Crippen LogP) is 2.82. The van der Waals surface area contributed by atoms with Crippen molar-refractivity contribution in [2.45, 2.75) is 18.4 Å². The van der Waals surface area contributed by atoms with Gasteiger partial charge in [-0.05, 0) is 38.1 Å². The van der Waals surface area contributed by atoms with Crippen LogP contribution in [-0.4, -0.2) is 42.8 Å². The number of carbonyl (C=O) groups excluding carboxylic acids is 1. The molecule has 4 nitrogen and oxygen atoms in total. The lowest BCUT2D eigenvalue weighted by molar-refractivity contribution is -0.0881. The molecule has 0 radical (unpaired) electrons. The van der Waals surface area contributed by atoms with E-state index in [1.165, 1.54) is 11.3 Å². The van der Waals surface area contributed by atoms with Crippen LogP contribution >= 0.6 is 22.9 Å². The monoisotopic (exact) mass is 298 g/mol. The summed E-state index contributed by atoms with van der Waals surface area (Å²) in [7, 11) is 0. The standard InChI is InChI=1S/C13H15ClN2O2S/c14-10-1-2-11(19-10)16-8-13(18-12(16)17)7-15-5-3-9(13)4-6-15/h1-2,9H,3-8H2/t13-/m1/s1. The second kappa shape index (κ2) is 4.11. The van der Waals surface area contributed by atoms with E-state index < -0.39 is 0 Å². The van der Waals surface area contributed by atoms with Crippen molar-refractivity contribution in [3.63, 3.8) is 0 Å². The van der Waals surface area contributed by atoms with Gasteiger partial charge in [-0.1, -0.05) is 11.6 Å². The number of halogens is 1. The Hall–Kier alpha value is -0.780. The zero-order valence-corrected chi connectivity index (χ0v) is 12.0. The largest absolute Gasteiger partial charge is 0.439 e. The summed E-state index contributed by atoms with van der Waals surface area (Å²) in [5.74, 6) is 0.516. The molecule has 5 rings (SSSR count). The fourth-order valence-corrected chi connectivity index (χ4v) is 4.65. The van der Waals surface area contributed by atoms with Crippen molar-refractivity contribution in [2.75, 3.05) is 31.1 Å². The molecular formula is C13H15ClN2O2S. The van der Waals surface area contributed by atoms with Crippen molar-refractivity contribution in [3.05, 3.63) is 16.5 Å². The summed E-state index contributed by atoms with van der Waals surface area (Å²) in [5, 5.41) is 0.892. The molecule has 0 unspecified atom stereocenters. The van der Waals surface area contributed by atoms with E-state index in [1.54, 1.807) is 4.90 Å². The number of hydrogen-bond acceptors (Lipinski definition) is 4. The van der Waals surface area contributed by atoms with Gasteiger partial charge in [0.1, 0.15) is 10.6 Å². The van der Waals surface area contributed by atoms with Gasteiger partial charge in [-0.25, -0.2) is 4.79 Å². The van der Waals surface area contributed by atoms with E-state index in [-0.39, 0.29) is 11.7 Å². The van der Waals surface area contributed by atoms with Gasteiger partial charge < -0.3 is 4.74 Å². The minimum Gasteiger partial charge on any atom is -0.439 e. The zero-order chi connectivity index (χ0) is 13.0. The lowest BCUT2D eigenvalue weighted by Crippen LogP contribution is -2.61. The van der Waals surface area contributed by atoms with Crippen molar-refractivity contribution < 1.29 is 9.53 Å². The van der Waals surface area contributed by atoms with E-state index in [4.69, 9.17) is 16.3 Å². The van der Waals surface area contributed by atoms with Crippen LogP contribution in [0.15, 0.2) is 12.1 Å². The molecular weight excluding hydrogens is 284 g/mol. The molecule has 5 heterocycles. The topological polar surface area (TPSA) is 32.8 Å². The molecule has 0 N–H and O–H groups in total. The van der Waals surface area contributed by atoms with Gasteiger partial charge in [0.25, 0.3) is 0 Å². The highest BCUT2D eigenvalue weighted by molar-refractivity contribution is 7.20. The summed E-state index contributed by atoms with van der Waals surface area (Å²) in [4.78, 5) is 16.3. The third-order valence-electron chi connectivity index (χ3n) is 4.58. The molecule has 0 saturated carbocycles. The van der Waals surface area contributed by atoms with E-state index in [2.05, 4.69) is 4.90 Å². The van der Waals surface area contributed by atoms with Crippen molar-refractivity contribution in [1.82, 2.24) is 4.90 Å². The summed E-state index contributed by atoms with van der Waals surface area (Å²) in [5.41, 5.74) is -0.288. The van der Waals surface area contributed by atoms with Crippen molar-refractivity contribution >= 4 is 34.0 Å². The Kier molecular flexibility index (Phi) is 2.59. The number of rotatable bonds is 1. The first-order valence-electron chi connectivity index (χ1n) is 6.64. The maximum atomic E-state index is 12.2. The number of piperidine rings is 3. The molecule has 0 aromatic carbocycles. The number of amides is 1. The van der Waals surface area contributed by atoms with Crippen LogP contribution in [0.4, 0.5) is 9.80 Å². The number of ether oxygens (including phenoxy) is 1. The van der Waals surface area contributed by atoms with Crippen LogP contribution in [0.1, 0.15) is 12.8 Å². The van der Waals surface area contributed by atoms with Gasteiger partial charge >= 0.3 is 6.09 Å². The van der Waals surface area contributed by atoms with Gasteiger partial charge in [0.2, 0.25) is 0 Å². The number of nitrogens with zero attached hydrogens (tertiary/aromatic N) is 2. The molecule has 6 heteroatoms. The van der Waals surface area contributed by atoms with E-state index >= 15 is 0 Å². The maximum absolute atomic E-state index is 12.2. The van der Waals surface area contributed by atoms with Crippen LogP contribution < -0.4 is 4.90 Å². The molecule has 19 heavy (non-hydrogen) atoms. The van der Waals surface area contributed by atoms with Gasteiger partial charge in [0.05, 0.1) is 10.9 Å². The third-order valence-corrected chi connectivity index (χ3v) is 5.84. The van der Waals surface area contributed by atoms with E-state index in [0.717, 1.165) is 37.5 Å². The molecule has 1 atom stereocenters. The van der Waals surface area contributed by atoms with Crippen LogP contribution in [-0.2, 0) is 4.74 Å². The molecule has 1 amide bonds. The van der Waals surface area contributed by atoms with Gasteiger partial charge in [-0.3, -0.25) is 9.80 Å². The third kappa shape index (κ3) is 1.79. The SMILES string of the molecule is O=C1O[C@]2(CN3CCC2CC3)CN1c1ccc(Cl)s1. The van der Waals surface area contributed by atoms with Crippen molar-refractivity contribution in [1.29, 1.82) is 0 Å². The molecule has 4 aliphatic heterocycles. The van der Waals surface area contributed by atoms with Gasteiger partial charge in [-0.15, -0.1) is 11.3 Å². The highest BCUT2D eigenvalue weighted by Crippen LogP contribution is 2.44. The summed E-state index contributed by atoms with van der Waals surface area (Å²) in [6.45, 7) is 3.85. The molecule has 0 aliphatic carbocycles. The number of hydrogen-bond donors (Lipinski definition) is 0. The Labute approximate surface area is 120 Å². The second-order valence-electron chi connectivity index (χ2n) is 5.65. The van der Waals surface area contributed by atoms with Gasteiger partial charge in [-0.2, -0.15) is 0 Å². The first kappa shape index (κ1) is 12.0. The van der Waals surface area contributed by atoms with Crippen LogP contribution in [0.3, 0.4) is 0 Å². The quantitative estimate of drug-likeness (QED) is 0.799. The fraction of sp³-hybridized carbons (Fsp3) is 0.615. The molecule has 4 aliphatic rings. The number of carbonyl (C=O) groups is 1. The average Bonchev–Trinajstić information content (AvgIpc) is 2.95. The van der Waals surface area contributed by atoms with Crippen molar-refractivity contribution in [3.8, 4) is 0 Å². The minimum absolute atomic E-state index is 0.215. The minimum atomic E-state index is -0.288. The molecule has 4 saturated heterocycles. The lowest BCUT2D eigenvalue weighted by atomic mass is 9.75. The second-order valence-corrected chi connectivity index (χ2v) is 7.34. The molecule has 1 aromatic heterocycles. The summed E-state index contributed by atoms with van der Waals surface area (Å²) in [6, 6.07) is 3.73. The number of fused-ring (bicyclic) bond motifs is 2.